The number of hydrogen-bond donors (Lipinski definition) is 1. The van der Waals surface area contributed by atoms with E-state index in [9.17, 15) is 5.11 Å². The lowest BCUT2D eigenvalue weighted by Crippen LogP contribution is -2.33. The monoisotopic (exact) mass is 170 g/mol. The van der Waals surface area contributed by atoms with Gasteiger partial charge in [-0.15, -0.1) is 6.58 Å². The summed E-state index contributed by atoms with van der Waals surface area (Å²) >= 11 is 0. The number of hydrogen-bond acceptors (Lipinski definition) is 2. The van der Waals surface area contributed by atoms with Gasteiger partial charge < -0.3 is 9.84 Å². The van der Waals surface area contributed by atoms with Crippen molar-refractivity contribution in [1.29, 1.82) is 0 Å². The molecule has 1 rings (SSSR count). The molecular weight excluding hydrogens is 152 g/mol. The number of allylic oxidation sites excluding steroid dienone is 1. The molecule has 1 saturated heterocycles. The predicted octanol–water partition coefficient (Wildman–Crippen LogP) is 1.74. The van der Waals surface area contributed by atoms with Crippen molar-refractivity contribution < 1.29 is 9.84 Å². The molecule has 1 aliphatic rings. The minimum atomic E-state index is 0.0735. The molecule has 0 unspecified atom stereocenters. The molecule has 0 radical (unpaired) electrons. The first-order chi connectivity index (χ1) is 5.68. The van der Waals surface area contributed by atoms with E-state index in [1.54, 1.807) is 0 Å². The van der Waals surface area contributed by atoms with Gasteiger partial charge in [-0.05, 0) is 26.2 Å². The Balaban J connectivity index is 2.53. The van der Waals surface area contributed by atoms with Crippen LogP contribution in [0.3, 0.4) is 0 Å². The zero-order valence-electron chi connectivity index (χ0n) is 7.81. The Bertz CT molecular complexity index is 157. The number of rotatable bonds is 3. The summed E-state index contributed by atoms with van der Waals surface area (Å²) in [5.74, 6) is 0. The van der Waals surface area contributed by atoms with E-state index >= 15 is 0 Å². The van der Waals surface area contributed by atoms with Gasteiger partial charge in [0.15, 0.2) is 0 Å². The molecule has 1 aliphatic heterocycles. The van der Waals surface area contributed by atoms with Crippen LogP contribution in [0, 0.1) is 5.41 Å². The predicted molar refractivity (Wildman–Crippen MR) is 49.0 cm³/mol. The van der Waals surface area contributed by atoms with Gasteiger partial charge in [-0.3, -0.25) is 0 Å². The zero-order valence-corrected chi connectivity index (χ0v) is 7.81. The van der Waals surface area contributed by atoms with Crippen molar-refractivity contribution in [3.63, 3.8) is 0 Å². The van der Waals surface area contributed by atoms with Crippen LogP contribution in [0.5, 0.6) is 0 Å². The van der Waals surface area contributed by atoms with Gasteiger partial charge in [0.1, 0.15) is 0 Å². The van der Waals surface area contributed by atoms with E-state index in [1.165, 1.54) is 0 Å². The van der Waals surface area contributed by atoms with E-state index in [4.69, 9.17) is 4.74 Å². The normalized spacial score (nSPS) is 22.2. The first kappa shape index (κ1) is 9.75. The first-order valence-corrected chi connectivity index (χ1v) is 4.51. The highest BCUT2D eigenvalue weighted by Crippen LogP contribution is 2.35. The van der Waals surface area contributed by atoms with Crippen LogP contribution in [0.25, 0.3) is 0 Å². The fourth-order valence-corrected chi connectivity index (χ4v) is 1.84. The third kappa shape index (κ3) is 2.32. The summed E-state index contributed by atoms with van der Waals surface area (Å²) in [4.78, 5) is 0. The fraction of sp³-hybridized carbons (Fsp3) is 0.800. The van der Waals surface area contributed by atoms with Crippen LogP contribution in [0.15, 0.2) is 12.2 Å². The molecule has 70 valence electrons. The summed E-state index contributed by atoms with van der Waals surface area (Å²) in [6.07, 6.45) is 2.87. The molecule has 0 saturated carbocycles. The van der Waals surface area contributed by atoms with Gasteiger partial charge in [0.25, 0.3) is 0 Å². The Hall–Kier alpha value is -0.340. The van der Waals surface area contributed by atoms with Crippen LogP contribution in [0.1, 0.15) is 26.2 Å². The molecule has 1 N–H and O–H groups in total. The lowest BCUT2D eigenvalue weighted by Gasteiger charge is -2.35. The van der Waals surface area contributed by atoms with Gasteiger partial charge >= 0.3 is 0 Å². The zero-order chi connectivity index (χ0) is 9.03. The van der Waals surface area contributed by atoms with Gasteiger partial charge in [-0.2, -0.15) is 0 Å². The Morgan fingerprint density at radius 3 is 2.50 bits per heavy atom. The van der Waals surface area contributed by atoms with E-state index < -0.39 is 0 Å². The number of aliphatic hydroxyl groups is 1. The average Bonchev–Trinajstić information content (AvgIpc) is 2.05. The summed E-state index contributed by atoms with van der Waals surface area (Å²) in [5.41, 5.74) is 1.23. The van der Waals surface area contributed by atoms with Crippen LogP contribution in [-0.4, -0.2) is 24.9 Å². The first-order valence-electron chi connectivity index (χ1n) is 4.51. The molecule has 0 aromatic rings. The third-order valence-corrected chi connectivity index (χ3v) is 2.57. The molecular formula is C10H18O2. The van der Waals surface area contributed by atoms with Gasteiger partial charge in [0, 0.05) is 25.2 Å². The fourth-order valence-electron chi connectivity index (χ4n) is 1.84. The molecule has 1 fully saturated rings. The lowest BCUT2D eigenvalue weighted by molar-refractivity contribution is -0.0156. The molecule has 0 bridgehead atoms. The van der Waals surface area contributed by atoms with Crippen LogP contribution >= 0.6 is 0 Å². The maximum Gasteiger partial charge on any atom is 0.0492 e. The summed E-state index contributed by atoms with van der Waals surface area (Å²) < 4.78 is 5.27. The minimum absolute atomic E-state index is 0.0735. The van der Waals surface area contributed by atoms with E-state index in [-0.39, 0.29) is 12.0 Å². The topological polar surface area (TPSA) is 29.5 Å². The second-order valence-corrected chi connectivity index (χ2v) is 3.90. The SMILES string of the molecule is C=C(C)CC1(CO)CCOCC1. The van der Waals surface area contributed by atoms with E-state index in [0.29, 0.717) is 0 Å². The molecule has 0 spiro atoms. The molecule has 0 aromatic heterocycles. The maximum absolute atomic E-state index is 9.29. The third-order valence-electron chi connectivity index (χ3n) is 2.57. The minimum Gasteiger partial charge on any atom is -0.396 e. The van der Waals surface area contributed by atoms with Gasteiger partial charge in [0.05, 0.1) is 0 Å². The molecule has 0 amide bonds. The van der Waals surface area contributed by atoms with Crippen molar-refractivity contribution in [3.8, 4) is 0 Å². The Morgan fingerprint density at radius 2 is 2.08 bits per heavy atom. The van der Waals surface area contributed by atoms with Crippen molar-refractivity contribution in [2.45, 2.75) is 26.2 Å². The molecule has 2 heteroatoms. The molecule has 1 heterocycles. The van der Waals surface area contributed by atoms with Crippen LogP contribution < -0.4 is 0 Å². The van der Waals surface area contributed by atoms with Crippen molar-refractivity contribution >= 4 is 0 Å². The molecule has 0 aromatic carbocycles. The molecule has 0 aliphatic carbocycles. The van der Waals surface area contributed by atoms with Crippen molar-refractivity contribution in [2.24, 2.45) is 5.41 Å². The van der Waals surface area contributed by atoms with Crippen LogP contribution in [0.2, 0.25) is 0 Å². The highest BCUT2D eigenvalue weighted by Gasteiger charge is 2.31. The summed E-state index contributed by atoms with van der Waals surface area (Å²) in [5, 5.41) is 9.29. The summed E-state index contributed by atoms with van der Waals surface area (Å²) in [6.45, 7) is 7.75. The van der Waals surface area contributed by atoms with Crippen molar-refractivity contribution in [1.82, 2.24) is 0 Å². The standard InChI is InChI=1S/C10H18O2/c1-9(2)7-10(8-11)3-5-12-6-4-10/h11H,1,3-8H2,2H3. The maximum atomic E-state index is 9.29. The van der Waals surface area contributed by atoms with E-state index in [2.05, 4.69) is 6.58 Å². The second kappa shape index (κ2) is 4.06. The van der Waals surface area contributed by atoms with Gasteiger partial charge in [-0.1, -0.05) is 5.57 Å². The van der Waals surface area contributed by atoms with Gasteiger partial charge in [-0.25, -0.2) is 0 Å². The van der Waals surface area contributed by atoms with E-state index in [0.717, 1.165) is 38.0 Å². The van der Waals surface area contributed by atoms with E-state index in [1.807, 2.05) is 6.92 Å². The molecule has 2 nitrogen and oxygen atoms in total. The largest absolute Gasteiger partial charge is 0.396 e. The average molecular weight is 170 g/mol. The highest BCUT2D eigenvalue weighted by molar-refractivity contribution is 4.97. The number of aliphatic hydroxyl groups excluding tert-OH is 1. The van der Waals surface area contributed by atoms with Crippen LogP contribution in [-0.2, 0) is 4.74 Å². The quantitative estimate of drug-likeness (QED) is 0.654. The molecule has 12 heavy (non-hydrogen) atoms. The van der Waals surface area contributed by atoms with Crippen molar-refractivity contribution in [3.05, 3.63) is 12.2 Å². The highest BCUT2D eigenvalue weighted by atomic mass is 16.5. The lowest BCUT2D eigenvalue weighted by atomic mass is 9.76. The Labute approximate surface area is 74.2 Å². The van der Waals surface area contributed by atoms with Crippen molar-refractivity contribution in [2.75, 3.05) is 19.8 Å². The smallest absolute Gasteiger partial charge is 0.0492 e. The van der Waals surface area contributed by atoms with Crippen LogP contribution in [0.4, 0.5) is 0 Å². The van der Waals surface area contributed by atoms with Gasteiger partial charge in [0.2, 0.25) is 0 Å². The summed E-state index contributed by atoms with van der Waals surface area (Å²) in [6, 6.07) is 0. The molecule has 0 atom stereocenters. The Kier molecular flexibility index (Phi) is 3.29. The second-order valence-electron chi connectivity index (χ2n) is 3.90. The summed E-state index contributed by atoms with van der Waals surface area (Å²) in [7, 11) is 0. The number of ether oxygens (including phenoxy) is 1. The Morgan fingerprint density at radius 1 is 1.50 bits per heavy atom.